The zero-order valence-corrected chi connectivity index (χ0v) is 13.2. The van der Waals surface area contributed by atoms with Crippen LogP contribution < -0.4 is 16.7 Å². The minimum atomic E-state index is -5.01. The molecule has 1 aromatic rings. The molecule has 9 nitrogen and oxygen atoms in total. The number of aliphatic hydroxyl groups excluding tert-OH is 2. The molecular formula is C14H15F3N4O5. The second-order valence-corrected chi connectivity index (χ2v) is 5.33. The van der Waals surface area contributed by atoms with Gasteiger partial charge in [-0.05, 0) is 0 Å². The number of amides is 1. The average Bonchev–Trinajstić information content (AvgIpc) is 2.92. The lowest BCUT2D eigenvalue weighted by Gasteiger charge is -2.15. The summed E-state index contributed by atoms with van der Waals surface area (Å²) in [6, 6.07) is 0. The normalized spacial score (nSPS) is 22.6. The van der Waals surface area contributed by atoms with Gasteiger partial charge in [0, 0.05) is 12.6 Å². The van der Waals surface area contributed by atoms with Crippen molar-refractivity contribution in [1.82, 2.24) is 14.9 Å². The van der Waals surface area contributed by atoms with Crippen molar-refractivity contribution in [2.45, 2.75) is 31.0 Å². The molecule has 3 atom stereocenters. The molecular weight excluding hydrogens is 361 g/mol. The van der Waals surface area contributed by atoms with Gasteiger partial charge in [-0.25, -0.2) is 4.79 Å². The molecule has 2 rings (SSSR count). The summed E-state index contributed by atoms with van der Waals surface area (Å²) in [5.74, 6) is 2.28. The summed E-state index contributed by atoms with van der Waals surface area (Å²) in [4.78, 5) is 26.1. The lowest BCUT2D eigenvalue weighted by Crippen LogP contribution is -2.36. The Balaban J connectivity index is 2.15. The van der Waals surface area contributed by atoms with Gasteiger partial charge in [-0.15, -0.1) is 0 Å². The number of rotatable bonds is 3. The van der Waals surface area contributed by atoms with Crippen LogP contribution in [0.25, 0.3) is 0 Å². The van der Waals surface area contributed by atoms with Crippen LogP contribution in [0.4, 0.5) is 19.0 Å². The summed E-state index contributed by atoms with van der Waals surface area (Å²) in [6.45, 7) is -1.04. The number of ether oxygens (including phenoxy) is 1. The molecule has 0 spiro atoms. The zero-order valence-electron chi connectivity index (χ0n) is 13.2. The number of hydrogen-bond acceptors (Lipinski definition) is 7. The fourth-order valence-electron chi connectivity index (χ4n) is 2.20. The van der Waals surface area contributed by atoms with E-state index >= 15 is 0 Å². The van der Waals surface area contributed by atoms with Gasteiger partial charge in [0.2, 0.25) is 0 Å². The van der Waals surface area contributed by atoms with Crippen LogP contribution in [0.2, 0.25) is 0 Å². The highest BCUT2D eigenvalue weighted by atomic mass is 19.4. The van der Waals surface area contributed by atoms with Crippen molar-refractivity contribution < 1.29 is 32.9 Å². The quantitative estimate of drug-likeness (QED) is 0.471. The molecule has 26 heavy (non-hydrogen) atoms. The van der Waals surface area contributed by atoms with Gasteiger partial charge in [0.05, 0.1) is 24.8 Å². The van der Waals surface area contributed by atoms with Crippen molar-refractivity contribution in [3.05, 3.63) is 22.2 Å². The molecule has 1 amide bonds. The number of carbonyl (C=O) groups excluding carboxylic acids is 1. The molecule has 0 bridgehead atoms. The van der Waals surface area contributed by atoms with E-state index in [1.807, 2.05) is 0 Å². The van der Waals surface area contributed by atoms with E-state index in [2.05, 4.69) is 16.8 Å². The number of alkyl halides is 3. The Kier molecular flexibility index (Phi) is 5.86. The van der Waals surface area contributed by atoms with Gasteiger partial charge < -0.3 is 26.0 Å². The monoisotopic (exact) mass is 376 g/mol. The number of aliphatic hydroxyl groups is 2. The number of nitrogen functional groups attached to an aromatic ring is 1. The van der Waals surface area contributed by atoms with E-state index in [0.717, 1.165) is 4.57 Å². The summed E-state index contributed by atoms with van der Waals surface area (Å²) < 4.78 is 42.5. The molecule has 1 aliphatic rings. The van der Waals surface area contributed by atoms with E-state index in [4.69, 9.17) is 15.6 Å². The van der Waals surface area contributed by atoms with Crippen LogP contribution in [0.3, 0.4) is 0 Å². The molecule has 0 unspecified atom stereocenters. The van der Waals surface area contributed by atoms with Gasteiger partial charge in [-0.3, -0.25) is 9.36 Å². The Morgan fingerprint density at radius 3 is 2.81 bits per heavy atom. The van der Waals surface area contributed by atoms with Crippen LogP contribution in [-0.4, -0.2) is 57.2 Å². The Bertz CT molecular complexity index is 798. The van der Waals surface area contributed by atoms with Crippen molar-refractivity contribution >= 4 is 11.7 Å². The molecule has 0 aromatic carbocycles. The predicted octanol–water partition coefficient (Wildman–Crippen LogP) is -1.50. The fraction of sp³-hybridized carbons (Fsp3) is 0.500. The summed E-state index contributed by atoms with van der Waals surface area (Å²) >= 11 is 0. The minimum Gasteiger partial charge on any atom is -0.394 e. The Labute approximate surface area is 144 Å². The van der Waals surface area contributed by atoms with E-state index < -0.39 is 49.4 Å². The molecule has 0 saturated carbocycles. The van der Waals surface area contributed by atoms with Gasteiger partial charge in [0.1, 0.15) is 18.1 Å². The van der Waals surface area contributed by atoms with Crippen molar-refractivity contribution in [3.63, 3.8) is 0 Å². The zero-order chi connectivity index (χ0) is 19.5. The Morgan fingerprint density at radius 2 is 2.23 bits per heavy atom. The van der Waals surface area contributed by atoms with Crippen LogP contribution in [0.5, 0.6) is 0 Å². The number of hydrogen-bond donors (Lipinski definition) is 4. The molecule has 0 aliphatic carbocycles. The van der Waals surface area contributed by atoms with Crippen LogP contribution in [0.1, 0.15) is 18.2 Å². The SMILES string of the molecule is Nc1nc(=O)n([C@H]2C[C@H](O)[C@@H](CO)O2)cc1C#CCNC(=O)C(F)(F)F. The maximum absolute atomic E-state index is 12.0. The van der Waals surface area contributed by atoms with Crippen LogP contribution in [0, 0.1) is 11.8 Å². The minimum absolute atomic E-state index is 0.0191. The topological polar surface area (TPSA) is 140 Å². The smallest absolute Gasteiger partial charge is 0.394 e. The number of halogens is 3. The van der Waals surface area contributed by atoms with E-state index in [1.165, 1.54) is 6.20 Å². The maximum Gasteiger partial charge on any atom is 0.471 e. The van der Waals surface area contributed by atoms with Crippen LogP contribution in [0.15, 0.2) is 11.0 Å². The lowest BCUT2D eigenvalue weighted by molar-refractivity contribution is -0.173. The molecule has 2 heterocycles. The standard InChI is InChI=1S/C14H15F3N4O5/c15-14(16,17)12(24)19-3-1-2-7-5-21(13(25)20-11(7)18)10-4-8(23)9(6-22)26-10/h5,8-10,22-23H,3-4,6H2,(H,19,24)(H2,18,20,25)/t8-,9+,10+/m0/s1. The fourth-order valence-corrected chi connectivity index (χ4v) is 2.20. The average molecular weight is 376 g/mol. The number of nitrogens with zero attached hydrogens (tertiary/aromatic N) is 2. The Morgan fingerprint density at radius 1 is 1.54 bits per heavy atom. The predicted molar refractivity (Wildman–Crippen MR) is 80.5 cm³/mol. The first kappa shape index (κ1) is 19.7. The summed E-state index contributed by atoms with van der Waals surface area (Å²) in [5, 5.41) is 20.4. The number of anilines is 1. The first-order chi connectivity index (χ1) is 12.1. The molecule has 12 heteroatoms. The second kappa shape index (κ2) is 7.73. The Hall–Kier alpha value is -2.62. The molecule has 1 aliphatic heterocycles. The van der Waals surface area contributed by atoms with Crippen LogP contribution in [-0.2, 0) is 9.53 Å². The maximum atomic E-state index is 12.0. The molecule has 0 radical (unpaired) electrons. The number of aromatic nitrogens is 2. The third kappa shape index (κ3) is 4.51. The first-order valence-corrected chi connectivity index (χ1v) is 7.30. The van der Waals surface area contributed by atoms with Gasteiger partial charge in [0.25, 0.3) is 0 Å². The largest absolute Gasteiger partial charge is 0.471 e. The third-order valence-electron chi connectivity index (χ3n) is 3.49. The van der Waals surface area contributed by atoms with E-state index in [1.54, 1.807) is 5.32 Å². The highest BCUT2D eigenvalue weighted by molar-refractivity contribution is 5.81. The summed E-state index contributed by atoms with van der Waals surface area (Å²) in [5.41, 5.74) is 4.80. The second-order valence-electron chi connectivity index (χ2n) is 5.33. The van der Waals surface area contributed by atoms with Crippen molar-refractivity contribution in [1.29, 1.82) is 0 Å². The number of nitrogens with one attached hydrogen (secondary N) is 1. The molecule has 5 N–H and O–H groups in total. The molecule has 1 saturated heterocycles. The van der Waals surface area contributed by atoms with Crippen molar-refractivity contribution in [2.24, 2.45) is 0 Å². The first-order valence-electron chi connectivity index (χ1n) is 7.30. The molecule has 1 fully saturated rings. The van der Waals surface area contributed by atoms with Crippen molar-refractivity contribution in [3.8, 4) is 11.8 Å². The van der Waals surface area contributed by atoms with Gasteiger partial charge in [-0.2, -0.15) is 18.2 Å². The molecule has 1 aromatic heterocycles. The van der Waals surface area contributed by atoms with Gasteiger partial charge in [0.15, 0.2) is 0 Å². The van der Waals surface area contributed by atoms with Crippen molar-refractivity contribution in [2.75, 3.05) is 18.9 Å². The number of nitrogens with two attached hydrogens (primary N) is 1. The third-order valence-corrected chi connectivity index (χ3v) is 3.49. The number of carbonyl (C=O) groups is 1. The highest BCUT2D eigenvalue weighted by Crippen LogP contribution is 2.27. The van der Waals surface area contributed by atoms with E-state index in [-0.39, 0.29) is 17.8 Å². The van der Waals surface area contributed by atoms with Gasteiger partial charge >= 0.3 is 17.8 Å². The lowest BCUT2D eigenvalue weighted by atomic mass is 10.2. The van der Waals surface area contributed by atoms with E-state index in [0.29, 0.717) is 0 Å². The van der Waals surface area contributed by atoms with E-state index in [9.17, 15) is 27.9 Å². The summed E-state index contributed by atoms with van der Waals surface area (Å²) in [7, 11) is 0. The highest BCUT2D eigenvalue weighted by Gasteiger charge is 2.38. The van der Waals surface area contributed by atoms with Gasteiger partial charge in [-0.1, -0.05) is 11.8 Å². The molecule has 142 valence electrons. The van der Waals surface area contributed by atoms with Crippen LogP contribution >= 0.6 is 0 Å². The summed E-state index contributed by atoms with van der Waals surface area (Å²) in [6.07, 6.45) is -6.57.